The van der Waals surface area contributed by atoms with Crippen molar-refractivity contribution in [2.45, 2.75) is 45.6 Å². The van der Waals surface area contributed by atoms with Crippen molar-refractivity contribution in [2.75, 3.05) is 26.8 Å². The van der Waals surface area contributed by atoms with Gasteiger partial charge in [0, 0.05) is 25.6 Å². The van der Waals surface area contributed by atoms with Crippen LogP contribution in [-0.4, -0.2) is 54.7 Å². The lowest BCUT2D eigenvalue weighted by Gasteiger charge is -2.32. The molecular formula is C15H25N3O3S. The zero-order valence-corrected chi connectivity index (χ0v) is 14.5. The van der Waals surface area contributed by atoms with Gasteiger partial charge >= 0.3 is 0 Å². The lowest BCUT2D eigenvalue weighted by Crippen LogP contribution is -2.55. The number of amides is 1. The van der Waals surface area contributed by atoms with Gasteiger partial charge in [0.1, 0.15) is 17.2 Å². The fourth-order valence-electron chi connectivity index (χ4n) is 2.47. The molecule has 2 rings (SSSR count). The van der Waals surface area contributed by atoms with Gasteiger partial charge in [-0.1, -0.05) is 0 Å². The van der Waals surface area contributed by atoms with Crippen LogP contribution in [0, 0.1) is 0 Å². The third-order valence-corrected chi connectivity index (χ3v) is 4.75. The van der Waals surface area contributed by atoms with Crippen LogP contribution in [-0.2, 0) is 20.8 Å². The maximum Gasteiger partial charge on any atom is 0.242 e. The maximum atomic E-state index is 12.5. The first-order valence-corrected chi connectivity index (χ1v) is 8.56. The van der Waals surface area contributed by atoms with Gasteiger partial charge in [-0.15, -0.1) is 11.3 Å². The summed E-state index contributed by atoms with van der Waals surface area (Å²) in [6, 6.07) is -0.279. The predicted molar refractivity (Wildman–Crippen MR) is 85.8 cm³/mol. The highest BCUT2D eigenvalue weighted by atomic mass is 32.1. The van der Waals surface area contributed by atoms with Gasteiger partial charge in [-0.25, -0.2) is 4.98 Å². The summed E-state index contributed by atoms with van der Waals surface area (Å²) < 4.78 is 11.1. The number of thiazole rings is 1. The van der Waals surface area contributed by atoms with E-state index in [-0.39, 0.29) is 24.2 Å². The summed E-state index contributed by atoms with van der Waals surface area (Å²) in [6.07, 6.45) is -0.106. The van der Waals surface area contributed by atoms with Crippen LogP contribution in [0.1, 0.15) is 37.6 Å². The molecule has 22 heavy (non-hydrogen) atoms. The average molecular weight is 327 g/mol. The molecule has 1 N–H and O–H groups in total. The zero-order valence-electron chi connectivity index (χ0n) is 13.7. The molecule has 7 heteroatoms. The molecule has 1 aliphatic rings. The molecule has 0 radical (unpaired) electrons. The molecule has 1 aromatic rings. The van der Waals surface area contributed by atoms with Crippen molar-refractivity contribution in [1.29, 1.82) is 0 Å². The Labute approximate surface area is 135 Å². The van der Waals surface area contributed by atoms with Crippen LogP contribution in [0.3, 0.4) is 0 Å². The van der Waals surface area contributed by atoms with Gasteiger partial charge in [0.05, 0.1) is 24.9 Å². The Morgan fingerprint density at radius 1 is 1.68 bits per heavy atom. The summed E-state index contributed by atoms with van der Waals surface area (Å²) in [5.41, 5.74) is 0.895. The van der Waals surface area contributed by atoms with E-state index in [9.17, 15) is 4.79 Å². The SMILES string of the molecule is CCOC(C)c1nc(CN(C)C(=O)[C@H]2NCCO[C@@H]2C)cs1. The average Bonchev–Trinajstić information content (AvgIpc) is 2.96. The van der Waals surface area contributed by atoms with Crippen LogP contribution in [0.15, 0.2) is 5.38 Å². The van der Waals surface area contributed by atoms with Crippen molar-refractivity contribution in [2.24, 2.45) is 0 Å². The smallest absolute Gasteiger partial charge is 0.242 e. The van der Waals surface area contributed by atoms with Crippen LogP contribution in [0.5, 0.6) is 0 Å². The van der Waals surface area contributed by atoms with Crippen LogP contribution in [0.2, 0.25) is 0 Å². The number of carbonyl (C=O) groups excluding carboxylic acids is 1. The number of nitrogens with one attached hydrogen (secondary N) is 1. The second kappa shape index (κ2) is 8.01. The largest absolute Gasteiger partial charge is 0.375 e. The molecule has 124 valence electrons. The van der Waals surface area contributed by atoms with E-state index in [1.165, 1.54) is 0 Å². The lowest BCUT2D eigenvalue weighted by molar-refractivity contribution is -0.138. The Kier molecular flexibility index (Phi) is 6.31. The number of nitrogens with zero attached hydrogens (tertiary/aromatic N) is 2. The highest BCUT2D eigenvalue weighted by Gasteiger charge is 2.30. The standard InChI is InChI=1S/C15H25N3O3S/c1-5-20-11(3)14-17-12(9-22-14)8-18(4)15(19)13-10(2)21-7-6-16-13/h9-11,13,16H,5-8H2,1-4H3/t10-,11?,13+/m1/s1. The minimum atomic E-state index is -0.279. The Hall–Kier alpha value is -1.02. The Morgan fingerprint density at radius 2 is 2.45 bits per heavy atom. The molecule has 0 bridgehead atoms. The minimum absolute atomic E-state index is 0.00167. The summed E-state index contributed by atoms with van der Waals surface area (Å²) in [7, 11) is 1.80. The van der Waals surface area contributed by atoms with Crippen molar-refractivity contribution in [3.63, 3.8) is 0 Å². The van der Waals surface area contributed by atoms with E-state index in [0.717, 1.165) is 10.7 Å². The first kappa shape index (κ1) is 17.3. The van der Waals surface area contributed by atoms with Crippen LogP contribution < -0.4 is 5.32 Å². The van der Waals surface area contributed by atoms with E-state index in [0.29, 0.717) is 26.3 Å². The molecule has 3 atom stereocenters. The minimum Gasteiger partial charge on any atom is -0.375 e. The zero-order chi connectivity index (χ0) is 16.1. The van der Waals surface area contributed by atoms with E-state index in [2.05, 4.69) is 10.3 Å². The number of hydrogen-bond donors (Lipinski definition) is 1. The molecule has 0 spiro atoms. The Morgan fingerprint density at radius 3 is 3.14 bits per heavy atom. The van der Waals surface area contributed by atoms with Gasteiger partial charge in [-0.05, 0) is 20.8 Å². The fraction of sp³-hybridized carbons (Fsp3) is 0.733. The van der Waals surface area contributed by atoms with Gasteiger partial charge in [-0.3, -0.25) is 4.79 Å². The first-order chi connectivity index (χ1) is 10.5. The fourth-order valence-corrected chi connectivity index (χ4v) is 3.28. The Balaban J connectivity index is 1.93. The first-order valence-electron chi connectivity index (χ1n) is 7.68. The topological polar surface area (TPSA) is 63.7 Å². The highest BCUT2D eigenvalue weighted by Crippen LogP contribution is 2.21. The number of aromatic nitrogens is 1. The van der Waals surface area contributed by atoms with Crippen molar-refractivity contribution in [3.05, 3.63) is 16.1 Å². The molecule has 2 heterocycles. The van der Waals surface area contributed by atoms with Crippen LogP contribution >= 0.6 is 11.3 Å². The van der Waals surface area contributed by atoms with E-state index in [1.807, 2.05) is 26.2 Å². The van der Waals surface area contributed by atoms with E-state index in [4.69, 9.17) is 9.47 Å². The van der Waals surface area contributed by atoms with Gasteiger partial charge in [-0.2, -0.15) is 0 Å². The van der Waals surface area contributed by atoms with Gasteiger partial charge in [0.15, 0.2) is 0 Å². The summed E-state index contributed by atoms with van der Waals surface area (Å²) in [5.74, 6) is 0.0413. The molecule has 6 nitrogen and oxygen atoms in total. The maximum absolute atomic E-state index is 12.5. The molecular weight excluding hydrogens is 302 g/mol. The van der Waals surface area contributed by atoms with Gasteiger partial charge in [0.25, 0.3) is 0 Å². The molecule has 1 saturated heterocycles. The number of morpholine rings is 1. The third kappa shape index (κ3) is 4.25. The molecule has 1 unspecified atom stereocenters. The van der Waals surface area contributed by atoms with Gasteiger partial charge in [0.2, 0.25) is 5.91 Å². The second-order valence-electron chi connectivity index (χ2n) is 5.48. The van der Waals surface area contributed by atoms with Crippen LogP contribution in [0.25, 0.3) is 0 Å². The Bertz CT molecular complexity index is 494. The second-order valence-corrected chi connectivity index (χ2v) is 6.37. The molecule has 1 aromatic heterocycles. The van der Waals surface area contributed by atoms with Crippen molar-refractivity contribution in [1.82, 2.24) is 15.2 Å². The summed E-state index contributed by atoms with van der Waals surface area (Å²) in [5, 5.41) is 6.16. The predicted octanol–water partition coefficient (Wildman–Crippen LogP) is 1.58. The number of ether oxygens (including phenoxy) is 2. The summed E-state index contributed by atoms with van der Waals surface area (Å²) in [4.78, 5) is 18.8. The molecule has 0 saturated carbocycles. The van der Waals surface area contributed by atoms with Crippen molar-refractivity contribution in [3.8, 4) is 0 Å². The van der Waals surface area contributed by atoms with Crippen molar-refractivity contribution < 1.29 is 14.3 Å². The normalized spacial score (nSPS) is 23.3. The summed E-state index contributed by atoms with van der Waals surface area (Å²) in [6.45, 7) is 8.41. The highest BCUT2D eigenvalue weighted by molar-refractivity contribution is 7.09. The number of carbonyl (C=O) groups is 1. The number of rotatable bonds is 6. The number of likely N-dealkylation sites (N-methyl/N-ethyl adjacent to an activating group) is 1. The summed E-state index contributed by atoms with van der Waals surface area (Å²) >= 11 is 1.57. The molecule has 1 amide bonds. The molecule has 0 aromatic carbocycles. The monoisotopic (exact) mass is 327 g/mol. The quantitative estimate of drug-likeness (QED) is 0.859. The van der Waals surface area contributed by atoms with Gasteiger partial charge < -0.3 is 19.7 Å². The van der Waals surface area contributed by atoms with E-state index in [1.54, 1.807) is 23.3 Å². The molecule has 1 fully saturated rings. The van der Waals surface area contributed by atoms with E-state index < -0.39 is 0 Å². The lowest BCUT2D eigenvalue weighted by atomic mass is 10.1. The van der Waals surface area contributed by atoms with Crippen molar-refractivity contribution >= 4 is 17.2 Å². The van der Waals surface area contributed by atoms with E-state index >= 15 is 0 Å². The number of hydrogen-bond acceptors (Lipinski definition) is 6. The molecule has 0 aliphatic carbocycles. The van der Waals surface area contributed by atoms with Crippen LogP contribution in [0.4, 0.5) is 0 Å². The molecule has 1 aliphatic heterocycles. The third-order valence-electron chi connectivity index (χ3n) is 3.69.